The third kappa shape index (κ3) is 3.15. The average Bonchev–Trinajstić information content (AvgIpc) is 2.55. The van der Waals surface area contributed by atoms with Gasteiger partial charge in [-0.15, -0.1) is 11.8 Å². The zero-order valence-corrected chi connectivity index (χ0v) is 15.2. The summed E-state index contributed by atoms with van der Waals surface area (Å²) in [7, 11) is 2.33. The Bertz CT molecular complexity index is 429. The van der Waals surface area contributed by atoms with Crippen LogP contribution in [0.2, 0.25) is 0 Å². The van der Waals surface area contributed by atoms with Crippen molar-refractivity contribution in [1.82, 2.24) is 4.90 Å². The lowest BCUT2D eigenvalue weighted by molar-refractivity contribution is 0.162. The van der Waals surface area contributed by atoms with Crippen molar-refractivity contribution < 1.29 is 0 Å². The highest BCUT2D eigenvalue weighted by Gasteiger charge is 2.41. The molecule has 124 valence electrons. The van der Waals surface area contributed by atoms with Crippen LogP contribution < -0.4 is 0 Å². The van der Waals surface area contributed by atoms with E-state index in [2.05, 4.69) is 23.7 Å². The summed E-state index contributed by atoms with van der Waals surface area (Å²) in [5.41, 5.74) is 1.95. The zero-order chi connectivity index (χ0) is 14.9. The third-order valence-corrected chi connectivity index (χ3v) is 8.42. The summed E-state index contributed by atoms with van der Waals surface area (Å²) in [6, 6.07) is 0. The molecule has 22 heavy (non-hydrogen) atoms. The van der Waals surface area contributed by atoms with E-state index >= 15 is 0 Å². The molecular formula is C20H33NS. The van der Waals surface area contributed by atoms with Crippen LogP contribution in [0.3, 0.4) is 0 Å². The first-order chi connectivity index (χ1) is 10.8. The highest BCUT2D eigenvalue weighted by molar-refractivity contribution is 8.03. The van der Waals surface area contributed by atoms with Crippen molar-refractivity contribution in [3.05, 3.63) is 10.5 Å². The molecule has 4 unspecified atom stereocenters. The molecule has 1 saturated carbocycles. The molecule has 4 rings (SSSR count). The Kier molecular flexibility index (Phi) is 4.88. The van der Waals surface area contributed by atoms with Crippen LogP contribution in [0.15, 0.2) is 10.5 Å². The molecule has 2 fully saturated rings. The topological polar surface area (TPSA) is 3.24 Å². The minimum absolute atomic E-state index is 0.971. The number of rotatable bonds is 2. The van der Waals surface area contributed by atoms with Crippen LogP contribution >= 0.6 is 11.8 Å². The van der Waals surface area contributed by atoms with E-state index in [-0.39, 0.29) is 0 Å². The van der Waals surface area contributed by atoms with E-state index in [0.717, 1.165) is 23.0 Å². The lowest BCUT2D eigenvalue weighted by atomic mass is 9.69. The number of likely N-dealkylation sites (tertiary alicyclic amines) is 1. The molecule has 2 aliphatic carbocycles. The minimum Gasteiger partial charge on any atom is -0.306 e. The largest absolute Gasteiger partial charge is 0.306 e. The summed E-state index contributed by atoms with van der Waals surface area (Å²) in [5.74, 6) is 2.98. The van der Waals surface area contributed by atoms with Crippen LogP contribution in [0.4, 0.5) is 0 Å². The quantitative estimate of drug-likeness (QED) is 0.664. The van der Waals surface area contributed by atoms with Crippen molar-refractivity contribution in [1.29, 1.82) is 0 Å². The SMILES string of the molecule is CN1CCCC(CC2C3=C(CCCC3)SC3CCCCC32)C1. The predicted molar refractivity (Wildman–Crippen MR) is 97.2 cm³/mol. The van der Waals surface area contributed by atoms with Crippen LogP contribution in [0.1, 0.15) is 70.6 Å². The van der Waals surface area contributed by atoms with Crippen molar-refractivity contribution in [2.45, 2.75) is 75.9 Å². The van der Waals surface area contributed by atoms with Crippen LogP contribution in [0.5, 0.6) is 0 Å². The summed E-state index contributed by atoms with van der Waals surface area (Å²) in [4.78, 5) is 4.45. The van der Waals surface area contributed by atoms with Crippen molar-refractivity contribution in [3.63, 3.8) is 0 Å². The van der Waals surface area contributed by atoms with Crippen LogP contribution in [0.25, 0.3) is 0 Å². The van der Waals surface area contributed by atoms with Gasteiger partial charge in [-0.2, -0.15) is 0 Å². The molecule has 1 nitrogen and oxygen atoms in total. The molecule has 0 aromatic carbocycles. The summed E-state index contributed by atoms with van der Waals surface area (Å²) in [5, 5.41) is 0.983. The van der Waals surface area contributed by atoms with Crippen molar-refractivity contribution >= 4 is 11.8 Å². The van der Waals surface area contributed by atoms with E-state index in [9.17, 15) is 0 Å². The first kappa shape index (κ1) is 15.6. The van der Waals surface area contributed by atoms with E-state index in [4.69, 9.17) is 0 Å². The van der Waals surface area contributed by atoms with Gasteiger partial charge < -0.3 is 4.90 Å². The summed E-state index contributed by atoms with van der Waals surface area (Å²) >= 11 is 2.33. The molecule has 4 atom stereocenters. The van der Waals surface area contributed by atoms with Gasteiger partial charge in [0.1, 0.15) is 0 Å². The Balaban J connectivity index is 1.55. The maximum atomic E-state index is 2.58. The van der Waals surface area contributed by atoms with Crippen LogP contribution in [-0.2, 0) is 0 Å². The number of hydrogen-bond donors (Lipinski definition) is 0. The zero-order valence-electron chi connectivity index (χ0n) is 14.4. The van der Waals surface area contributed by atoms with Gasteiger partial charge in [-0.1, -0.05) is 18.4 Å². The Morgan fingerprint density at radius 3 is 2.77 bits per heavy atom. The number of piperidine rings is 1. The Morgan fingerprint density at radius 1 is 1.00 bits per heavy atom. The fraction of sp³-hybridized carbons (Fsp3) is 0.900. The van der Waals surface area contributed by atoms with Gasteiger partial charge >= 0.3 is 0 Å². The maximum Gasteiger partial charge on any atom is 0.0125 e. The molecule has 4 aliphatic rings. The summed E-state index contributed by atoms with van der Waals surface area (Å²) < 4.78 is 0. The molecule has 2 heteroatoms. The molecular weight excluding hydrogens is 286 g/mol. The molecule has 1 saturated heterocycles. The number of allylic oxidation sites excluding steroid dienone is 2. The molecule has 0 radical (unpaired) electrons. The van der Waals surface area contributed by atoms with Gasteiger partial charge in [0.15, 0.2) is 0 Å². The second-order valence-corrected chi connectivity index (χ2v) is 9.71. The molecule has 0 aromatic rings. The molecule has 0 aromatic heterocycles. The first-order valence-electron chi connectivity index (χ1n) is 9.88. The van der Waals surface area contributed by atoms with E-state index in [1.165, 1.54) is 83.7 Å². The van der Waals surface area contributed by atoms with Gasteiger partial charge in [-0.25, -0.2) is 0 Å². The summed E-state index contributed by atoms with van der Waals surface area (Å²) in [6.07, 6.45) is 16.3. The highest BCUT2D eigenvalue weighted by Crippen LogP contribution is 2.54. The second kappa shape index (κ2) is 6.89. The monoisotopic (exact) mass is 319 g/mol. The van der Waals surface area contributed by atoms with E-state index in [0.29, 0.717) is 0 Å². The molecule has 0 bridgehead atoms. The van der Waals surface area contributed by atoms with Crippen molar-refractivity contribution in [2.75, 3.05) is 20.1 Å². The molecule has 0 spiro atoms. The lowest BCUT2D eigenvalue weighted by Crippen LogP contribution is -2.39. The van der Waals surface area contributed by atoms with Crippen LogP contribution in [0, 0.1) is 17.8 Å². The van der Waals surface area contributed by atoms with E-state index < -0.39 is 0 Å². The van der Waals surface area contributed by atoms with Gasteiger partial charge in [0, 0.05) is 11.8 Å². The molecule has 2 heterocycles. The smallest absolute Gasteiger partial charge is 0.0125 e. The fourth-order valence-electron chi connectivity index (χ4n) is 5.74. The van der Waals surface area contributed by atoms with E-state index in [1.807, 2.05) is 10.5 Å². The Labute approximate surface area is 141 Å². The highest BCUT2D eigenvalue weighted by atomic mass is 32.2. The number of nitrogens with zero attached hydrogens (tertiary/aromatic N) is 1. The molecule has 0 N–H and O–H groups in total. The number of thioether (sulfide) groups is 1. The third-order valence-electron chi connectivity index (χ3n) is 6.78. The van der Waals surface area contributed by atoms with E-state index in [1.54, 1.807) is 0 Å². The van der Waals surface area contributed by atoms with Gasteiger partial charge in [0.05, 0.1) is 0 Å². The Hall–Kier alpha value is 0.0500. The first-order valence-corrected chi connectivity index (χ1v) is 10.8. The second-order valence-electron chi connectivity index (χ2n) is 8.37. The van der Waals surface area contributed by atoms with Gasteiger partial charge in [-0.3, -0.25) is 0 Å². The Morgan fingerprint density at radius 2 is 1.86 bits per heavy atom. The maximum absolute atomic E-state index is 2.58. The predicted octanol–water partition coefficient (Wildman–Crippen LogP) is 5.47. The standard InChI is InChI=1S/C20H33NS/c1-21-12-6-7-15(14-21)13-18-16-8-2-4-10-19(16)22-20-11-5-3-9-17(18)20/h15-16,18-19H,2-14H2,1H3. The van der Waals surface area contributed by atoms with Crippen molar-refractivity contribution in [2.24, 2.45) is 17.8 Å². The van der Waals surface area contributed by atoms with Crippen molar-refractivity contribution in [3.8, 4) is 0 Å². The minimum atomic E-state index is 0.971. The van der Waals surface area contributed by atoms with Gasteiger partial charge in [-0.05, 0) is 94.0 Å². The number of hydrogen-bond acceptors (Lipinski definition) is 2. The molecule has 2 aliphatic heterocycles. The molecule has 0 amide bonds. The fourth-order valence-corrected chi connectivity index (χ4v) is 7.56. The summed E-state index contributed by atoms with van der Waals surface area (Å²) in [6.45, 7) is 2.70. The van der Waals surface area contributed by atoms with Crippen LogP contribution in [-0.4, -0.2) is 30.3 Å². The van der Waals surface area contributed by atoms with Gasteiger partial charge in [0.25, 0.3) is 0 Å². The normalized spacial score (nSPS) is 40.2. The lowest BCUT2D eigenvalue weighted by Gasteiger charge is -2.46. The number of fused-ring (bicyclic) bond motifs is 1. The van der Waals surface area contributed by atoms with Gasteiger partial charge in [0.2, 0.25) is 0 Å². The average molecular weight is 320 g/mol.